The lowest BCUT2D eigenvalue weighted by Crippen LogP contribution is -2.33. The van der Waals surface area contributed by atoms with E-state index in [1.165, 1.54) is 26.2 Å². The molecule has 2 aliphatic rings. The summed E-state index contributed by atoms with van der Waals surface area (Å²) in [5.74, 6) is 0. The lowest BCUT2D eigenvalue weighted by atomic mass is 10.2. The number of alkyl halides is 1. The van der Waals surface area contributed by atoms with E-state index >= 15 is 0 Å². The minimum atomic E-state index is -4.52. The predicted molar refractivity (Wildman–Crippen MR) is 121 cm³/mol. The molecule has 14 nitrogen and oxygen atoms in total. The predicted octanol–water partition coefficient (Wildman–Crippen LogP) is -0.820. The third kappa shape index (κ3) is 5.36. The zero-order valence-corrected chi connectivity index (χ0v) is 20.2. The zero-order chi connectivity index (χ0) is 26.4. The second-order valence-electron chi connectivity index (χ2n) is 8.85. The molecule has 36 heavy (non-hydrogen) atoms. The van der Waals surface area contributed by atoms with Gasteiger partial charge in [-0.1, -0.05) is 0 Å². The summed E-state index contributed by atoms with van der Waals surface area (Å²) < 4.78 is 46.1. The molecule has 0 spiro atoms. The van der Waals surface area contributed by atoms with Crippen LogP contribution >= 0.6 is 7.60 Å². The molecule has 1 unspecified atom stereocenters. The monoisotopic (exact) mass is 532 g/mol. The van der Waals surface area contributed by atoms with Gasteiger partial charge in [0, 0.05) is 36.4 Å². The Labute approximate surface area is 201 Å². The maximum Gasteiger partial charge on any atom is 0.331 e. The van der Waals surface area contributed by atoms with Crippen molar-refractivity contribution in [1.82, 2.24) is 19.1 Å². The number of aryl methyl sites for hydroxylation is 2. The molecule has 0 aliphatic carbocycles. The van der Waals surface area contributed by atoms with Crippen LogP contribution in [0.25, 0.3) is 0 Å². The van der Waals surface area contributed by atoms with E-state index in [4.69, 9.17) is 14.0 Å². The van der Waals surface area contributed by atoms with Gasteiger partial charge in [0.25, 0.3) is 11.1 Å². The summed E-state index contributed by atoms with van der Waals surface area (Å²) in [6.07, 6.45) is -6.07. The summed E-state index contributed by atoms with van der Waals surface area (Å²) in [5, 5.41) is 9.66. The third-order valence-corrected chi connectivity index (χ3v) is 7.57. The Morgan fingerprint density at radius 3 is 2.03 bits per heavy atom. The lowest BCUT2D eigenvalue weighted by molar-refractivity contribution is -0.0441. The molecule has 2 saturated heterocycles. The van der Waals surface area contributed by atoms with E-state index in [1.54, 1.807) is 0 Å². The van der Waals surface area contributed by atoms with E-state index in [2.05, 4.69) is 9.97 Å². The Morgan fingerprint density at radius 1 is 1.00 bits per heavy atom. The standard InChI is InChI=1S/C20H26FN4O10P/c1-9-5-24(19(29)22-17(9)27)15-3-11(21)14(34-15)8-36(31,32)35-12-4-16(33-13(12)7-26)25-6-10(2)18(28)23-20(25)30/h5-6,11-16,26H,3-4,7-8H2,1-2H3,(H,31,32)(H,22,27,29)(H,23,28,30)/t11-,12-,13+,14+,15+,16+/m0/s1. The summed E-state index contributed by atoms with van der Waals surface area (Å²) in [7, 11) is -4.52. The van der Waals surface area contributed by atoms with Gasteiger partial charge in [0.05, 0.1) is 18.9 Å². The number of rotatable bonds is 7. The number of aromatic nitrogens is 4. The smallest absolute Gasteiger partial charge is 0.331 e. The fourth-order valence-corrected chi connectivity index (χ4v) is 5.75. The van der Waals surface area contributed by atoms with Gasteiger partial charge in [-0.3, -0.25) is 33.3 Å². The second kappa shape index (κ2) is 10.00. The highest BCUT2D eigenvalue weighted by molar-refractivity contribution is 7.52. The number of halogens is 1. The Kier molecular flexibility index (Phi) is 7.33. The van der Waals surface area contributed by atoms with Crippen molar-refractivity contribution >= 4 is 7.60 Å². The number of aromatic amines is 2. The average molecular weight is 532 g/mol. The molecule has 2 aliphatic heterocycles. The highest BCUT2D eigenvalue weighted by atomic mass is 31.2. The van der Waals surface area contributed by atoms with Gasteiger partial charge in [-0.2, -0.15) is 0 Å². The Balaban J connectivity index is 1.45. The minimum absolute atomic E-state index is 0.111. The maximum absolute atomic E-state index is 14.7. The van der Waals surface area contributed by atoms with Gasteiger partial charge in [0.1, 0.15) is 30.8 Å². The molecular formula is C20H26FN4O10P. The van der Waals surface area contributed by atoms with Gasteiger partial charge in [-0.25, -0.2) is 14.0 Å². The third-order valence-electron chi connectivity index (χ3n) is 6.15. The van der Waals surface area contributed by atoms with Gasteiger partial charge < -0.3 is 24.0 Å². The van der Waals surface area contributed by atoms with Crippen molar-refractivity contribution < 1.29 is 33.0 Å². The van der Waals surface area contributed by atoms with Crippen LogP contribution in [0.4, 0.5) is 4.39 Å². The van der Waals surface area contributed by atoms with Crippen molar-refractivity contribution in [2.45, 2.75) is 63.6 Å². The number of nitrogens with one attached hydrogen (secondary N) is 2. The SMILES string of the molecule is Cc1cn([C@H]2C[C@H](OP(=O)(O)C[C@H]3O[C@@H](n4cc(C)c(=O)[nH]c4=O)C[C@@H]3F)[C@@H](CO)O2)c(=O)[nH]c1=O. The van der Waals surface area contributed by atoms with E-state index in [0.29, 0.717) is 0 Å². The van der Waals surface area contributed by atoms with Crippen LogP contribution in [0, 0.1) is 13.8 Å². The number of aliphatic hydroxyl groups excluding tert-OH is 1. The minimum Gasteiger partial charge on any atom is -0.394 e. The molecule has 0 radical (unpaired) electrons. The van der Waals surface area contributed by atoms with Crippen LogP contribution in [0.1, 0.15) is 36.4 Å². The molecule has 2 aromatic heterocycles. The quantitative estimate of drug-likeness (QED) is 0.327. The maximum atomic E-state index is 14.7. The number of hydrogen-bond acceptors (Lipinski definition) is 9. The van der Waals surface area contributed by atoms with Crippen LogP contribution in [-0.2, 0) is 18.6 Å². The molecule has 2 aromatic rings. The molecule has 4 N–H and O–H groups in total. The van der Waals surface area contributed by atoms with Crippen LogP contribution < -0.4 is 22.5 Å². The molecule has 0 amide bonds. The van der Waals surface area contributed by atoms with Gasteiger partial charge in [0.2, 0.25) is 0 Å². The van der Waals surface area contributed by atoms with Crippen molar-refractivity contribution in [2.75, 3.05) is 12.8 Å². The highest BCUT2D eigenvalue weighted by Crippen LogP contribution is 2.50. The van der Waals surface area contributed by atoms with Crippen molar-refractivity contribution in [3.63, 3.8) is 0 Å². The van der Waals surface area contributed by atoms with Crippen LogP contribution in [0.5, 0.6) is 0 Å². The lowest BCUT2D eigenvalue weighted by Gasteiger charge is -2.23. The largest absolute Gasteiger partial charge is 0.394 e. The molecule has 4 rings (SSSR count). The molecule has 0 aromatic carbocycles. The van der Waals surface area contributed by atoms with Gasteiger partial charge in [-0.05, 0) is 13.8 Å². The van der Waals surface area contributed by atoms with Crippen LogP contribution in [0.3, 0.4) is 0 Å². The number of ether oxygens (including phenoxy) is 2. The van der Waals surface area contributed by atoms with E-state index < -0.39 is 79.8 Å². The van der Waals surface area contributed by atoms with Crippen molar-refractivity contribution in [3.05, 3.63) is 65.2 Å². The van der Waals surface area contributed by atoms with Crippen LogP contribution in [0.2, 0.25) is 0 Å². The van der Waals surface area contributed by atoms with E-state index in [1.807, 2.05) is 0 Å². The highest BCUT2D eigenvalue weighted by Gasteiger charge is 2.45. The Bertz CT molecular complexity index is 1420. The molecule has 2 fully saturated rings. The van der Waals surface area contributed by atoms with Gasteiger partial charge in [0.15, 0.2) is 0 Å². The Morgan fingerprint density at radius 2 is 1.50 bits per heavy atom. The van der Waals surface area contributed by atoms with Gasteiger partial charge >= 0.3 is 19.0 Å². The van der Waals surface area contributed by atoms with E-state index in [0.717, 1.165) is 9.13 Å². The van der Waals surface area contributed by atoms with Crippen molar-refractivity contribution in [2.24, 2.45) is 0 Å². The van der Waals surface area contributed by atoms with Crippen molar-refractivity contribution in [1.29, 1.82) is 0 Å². The normalized spacial score (nSPS) is 29.9. The molecule has 198 valence electrons. The first-order chi connectivity index (χ1) is 16.9. The first-order valence-electron chi connectivity index (χ1n) is 11.1. The number of aliphatic hydroxyl groups is 1. The number of hydrogen-bond donors (Lipinski definition) is 4. The van der Waals surface area contributed by atoms with E-state index in [9.17, 15) is 38.1 Å². The first kappa shape index (κ1) is 26.4. The molecular weight excluding hydrogens is 506 g/mol. The molecule has 7 atom stereocenters. The summed E-state index contributed by atoms with van der Waals surface area (Å²) in [4.78, 5) is 62.1. The summed E-state index contributed by atoms with van der Waals surface area (Å²) >= 11 is 0. The van der Waals surface area contributed by atoms with E-state index in [-0.39, 0.29) is 24.0 Å². The molecule has 4 heterocycles. The molecule has 16 heteroatoms. The summed E-state index contributed by atoms with van der Waals surface area (Å²) in [6.45, 7) is 2.34. The Hall–Kier alpha value is -2.68. The molecule has 0 bridgehead atoms. The van der Waals surface area contributed by atoms with Gasteiger partial charge in [-0.15, -0.1) is 0 Å². The summed E-state index contributed by atoms with van der Waals surface area (Å²) in [5.41, 5.74) is -2.30. The fourth-order valence-electron chi connectivity index (χ4n) is 4.25. The van der Waals surface area contributed by atoms with Crippen LogP contribution in [0.15, 0.2) is 31.6 Å². The van der Waals surface area contributed by atoms with Crippen molar-refractivity contribution in [3.8, 4) is 0 Å². The first-order valence-corrected chi connectivity index (χ1v) is 12.8. The summed E-state index contributed by atoms with van der Waals surface area (Å²) in [6, 6.07) is 0. The second-order valence-corrected chi connectivity index (χ2v) is 10.7. The topological polar surface area (TPSA) is 195 Å². The fraction of sp³-hybridized carbons (Fsp3) is 0.600. The van der Waals surface area contributed by atoms with Crippen LogP contribution in [-0.4, -0.2) is 66.4 Å². The molecule has 0 saturated carbocycles. The zero-order valence-electron chi connectivity index (χ0n) is 19.3. The average Bonchev–Trinajstić information content (AvgIpc) is 3.35. The number of H-pyrrole nitrogens is 2. The number of nitrogens with zero attached hydrogens (tertiary/aromatic N) is 2.